The van der Waals surface area contributed by atoms with Gasteiger partial charge in [-0.3, -0.25) is 14.4 Å². The highest BCUT2D eigenvalue weighted by Crippen LogP contribution is 2.31. The second-order valence-electron chi connectivity index (χ2n) is 4.80. The second-order valence-corrected chi connectivity index (χ2v) is 5.97. The van der Waals surface area contributed by atoms with E-state index in [1.165, 1.54) is 25.8 Å². The van der Waals surface area contributed by atoms with E-state index in [0.29, 0.717) is 11.3 Å². The van der Waals surface area contributed by atoms with Crippen LogP contribution in [-0.2, 0) is 19.1 Å². The van der Waals surface area contributed by atoms with Crippen molar-refractivity contribution < 1.29 is 23.9 Å². The number of rotatable bonds is 4. The fraction of sp³-hybridized carbons (Fsp3) is 0.400. The lowest BCUT2D eigenvalue weighted by atomic mass is 10.1. The molecule has 1 saturated heterocycles. The number of nitrogens with one attached hydrogen (secondary N) is 1. The fourth-order valence-electron chi connectivity index (χ4n) is 2.23. The Kier molecular flexibility index (Phi) is 5.43. The zero-order valence-corrected chi connectivity index (χ0v) is 13.1. The van der Waals surface area contributed by atoms with Gasteiger partial charge in [-0.05, 0) is 12.1 Å². The summed E-state index contributed by atoms with van der Waals surface area (Å²) in [6, 6.07) is 8.28. The van der Waals surface area contributed by atoms with E-state index < -0.39 is 29.3 Å². The van der Waals surface area contributed by atoms with Crippen molar-refractivity contribution >= 4 is 29.6 Å². The first kappa shape index (κ1) is 16.4. The molecule has 1 aliphatic rings. The summed E-state index contributed by atoms with van der Waals surface area (Å²) in [4.78, 5) is 35.2. The fourth-order valence-corrected chi connectivity index (χ4v) is 3.58. The molecular weight excluding hydrogens is 306 g/mol. The van der Waals surface area contributed by atoms with Crippen LogP contribution in [0.4, 0.5) is 0 Å². The highest BCUT2D eigenvalue weighted by molar-refractivity contribution is 8.01. The van der Waals surface area contributed by atoms with Gasteiger partial charge in [-0.1, -0.05) is 18.2 Å². The number of carbonyl (C=O) groups excluding carboxylic acids is 3. The lowest BCUT2D eigenvalue weighted by Gasteiger charge is -2.23. The summed E-state index contributed by atoms with van der Waals surface area (Å²) in [7, 11) is 1.28. The molecule has 118 valence electrons. The molecule has 7 heteroatoms. The maximum atomic E-state index is 12.2. The number of carbonyl (C=O) groups is 3. The number of amides is 1. The smallest absolute Gasteiger partial charge is 0.322 e. The van der Waals surface area contributed by atoms with E-state index in [1.54, 1.807) is 24.3 Å². The molecule has 1 fully saturated rings. The topological polar surface area (TPSA) is 81.7 Å². The summed E-state index contributed by atoms with van der Waals surface area (Å²) < 4.78 is 9.94. The molecule has 22 heavy (non-hydrogen) atoms. The molecule has 1 amide bonds. The van der Waals surface area contributed by atoms with Crippen LogP contribution in [0, 0.1) is 0 Å². The Hall–Kier alpha value is -2.02. The molecule has 0 spiro atoms. The van der Waals surface area contributed by atoms with Gasteiger partial charge in [0.1, 0.15) is 11.4 Å². The summed E-state index contributed by atoms with van der Waals surface area (Å²) in [5.74, 6) is -0.766. The van der Waals surface area contributed by atoms with E-state index in [2.05, 4.69) is 5.32 Å². The Bertz CT molecular complexity index is 562. The SMILES string of the molecule is COC(=O)[C@@H]1SC[C@@H](NC(=O)c2ccccc2)[C@@H]1OC(C)=O. The van der Waals surface area contributed by atoms with Crippen LogP contribution in [0.25, 0.3) is 0 Å². The number of hydrogen-bond acceptors (Lipinski definition) is 6. The van der Waals surface area contributed by atoms with Crippen molar-refractivity contribution in [3.63, 3.8) is 0 Å². The normalized spacial score (nSPS) is 23.6. The Morgan fingerprint density at radius 3 is 2.50 bits per heavy atom. The van der Waals surface area contributed by atoms with E-state index in [0.717, 1.165) is 0 Å². The Labute approximate surface area is 132 Å². The van der Waals surface area contributed by atoms with Gasteiger partial charge in [0.05, 0.1) is 13.2 Å². The Morgan fingerprint density at radius 1 is 1.23 bits per heavy atom. The summed E-state index contributed by atoms with van der Waals surface area (Å²) >= 11 is 1.30. The largest absolute Gasteiger partial charge is 0.468 e. The van der Waals surface area contributed by atoms with Gasteiger partial charge in [0.25, 0.3) is 5.91 Å². The minimum atomic E-state index is -0.734. The van der Waals surface area contributed by atoms with Gasteiger partial charge in [0, 0.05) is 18.2 Å². The lowest BCUT2D eigenvalue weighted by Crippen LogP contribution is -2.48. The summed E-state index contributed by atoms with van der Waals surface area (Å²) in [5.41, 5.74) is 0.510. The highest BCUT2D eigenvalue weighted by Gasteiger charge is 2.44. The molecule has 0 saturated carbocycles. The number of thioether (sulfide) groups is 1. The molecule has 1 aromatic carbocycles. The van der Waals surface area contributed by atoms with Crippen molar-refractivity contribution in [2.75, 3.05) is 12.9 Å². The van der Waals surface area contributed by atoms with Gasteiger partial charge < -0.3 is 14.8 Å². The third kappa shape index (κ3) is 3.79. The van der Waals surface area contributed by atoms with Crippen LogP contribution in [-0.4, -0.2) is 48.1 Å². The third-order valence-electron chi connectivity index (χ3n) is 3.24. The van der Waals surface area contributed by atoms with Crippen LogP contribution in [0.15, 0.2) is 30.3 Å². The molecule has 0 aromatic heterocycles. The first-order valence-corrected chi connectivity index (χ1v) is 7.80. The zero-order chi connectivity index (χ0) is 16.1. The van der Waals surface area contributed by atoms with Gasteiger partial charge >= 0.3 is 11.9 Å². The molecule has 1 aromatic rings. The van der Waals surface area contributed by atoms with Crippen LogP contribution in [0.3, 0.4) is 0 Å². The van der Waals surface area contributed by atoms with Gasteiger partial charge in [-0.25, -0.2) is 0 Å². The highest BCUT2D eigenvalue weighted by atomic mass is 32.2. The average Bonchev–Trinajstić information content (AvgIpc) is 2.89. The number of ether oxygens (including phenoxy) is 2. The molecule has 2 rings (SSSR count). The Balaban J connectivity index is 2.10. The van der Waals surface area contributed by atoms with E-state index in [4.69, 9.17) is 9.47 Å². The minimum Gasteiger partial charge on any atom is -0.468 e. The predicted molar refractivity (Wildman–Crippen MR) is 81.5 cm³/mol. The van der Waals surface area contributed by atoms with Crippen molar-refractivity contribution in [2.24, 2.45) is 0 Å². The maximum absolute atomic E-state index is 12.2. The predicted octanol–water partition coefficient (Wildman–Crippen LogP) is 1.01. The maximum Gasteiger partial charge on any atom is 0.322 e. The number of benzene rings is 1. The molecular formula is C15H17NO5S. The van der Waals surface area contributed by atoms with E-state index in [1.807, 2.05) is 6.07 Å². The van der Waals surface area contributed by atoms with Crippen molar-refractivity contribution in [3.05, 3.63) is 35.9 Å². The number of hydrogen-bond donors (Lipinski definition) is 1. The molecule has 3 atom stereocenters. The van der Waals surface area contributed by atoms with Crippen LogP contribution >= 0.6 is 11.8 Å². The average molecular weight is 323 g/mol. The molecule has 0 bridgehead atoms. The third-order valence-corrected chi connectivity index (χ3v) is 4.61. The molecule has 0 unspecified atom stereocenters. The molecule has 0 radical (unpaired) electrons. The number of esters is 2. The molecule has 0 aliphatic carbocycles. The Morgan fingerprint density at radius 2 is 1.91 bits per heavy atom. The van der Waals surface area contributed by atoms with Crippen LogP contribution < -0.4 is 5.32 Å². The number of methoxy groups -OCH3 is 1. The molecule has 1 aliphatic heterocycles. The van der Waals surface area contributed by atoms with Crippen molar-refractivity contribution in [1.82, 2.24) is 5.32 Å². The van der Waals surface area contributed by atoms with E-state index in [9.17, 15) is 14.4 Å². The minimum absolute atomic E-state index is 0.270. The molecule has 1 N–H and O–H groups in total. The van der Waals surface area contributed by atoms with E-state index in [-0.39, 0.29) is 5.91 Å². The molecule has 6 nitrogen and oxygen atoms in total. The van der Waals surface area contributed by atoms with Gasteiger partial charge in [-0.15, -0.1) is 11.8 Å². The van der Waals surface area contributed by atoms with Gasteiger partial charge in [-0.2, -0.15) is 0 Å². The van der Waals surface area contributed by atoms with E-state index >= 15 is 0 Å². The quantitative estimate of drug-likeness (QED) is 0.833. The first-order chi connectivity index (χ1) is 10.5. The first-order valence-electron chi connectivity index (χ1n) is 6.75. The van der Waals surface area contributed by atoms with Gasteiger partial charge in [0.2, 0.25) is 0 Å². The zero-order valence-electron chi connectivity index (χ0n) is 12.3. The van der Waals surface area contributed by atoms with Gasteiger partial charge in [0.15, 0.2) is 0 Å². The van der Waals surface area contributed by atoms with Crippen molar-refractivity contribution in [2.45, 2.75) is 24.3 Å². The van der Waals surface area contributed by atoms with Crippen LogP contribution in [0.2, 0.25) is 0 Å². The van der Waals surface area contributed by atoms with Crippen LogP contribution in [0.5, 0.6) is 0 Å². The molecule has 1 heterocycles. The monoisotopic (exact) mass is 323 g/mol. The van der Waals surface area contributed by atoms with Crippen LogP contribution in [0.1, 0.15) is 17.3 Å². The van der Waals surface area contributed by atoms with Crippen molar-refractivity contribution in [1.29, 1.82) is 0 Å². The lowest BCUT2D eigenvalue weighted by molar-refractivity contribution is -0.151. The summed E-state index contributed by atoms with van der Waals surface area (Å²) in [5, 5.41) is 2.19. The standard InChI is InChI=1S/C15H17NO5S/c1-9(17)21-12-11(8-22-13(12)15(19)20-2)16-14(18)10-6-4-3-5-7-10/h3-7,11-13H,8H2,1-2H3,(H,16,18)/t11-,12+,13-/m1/s1. The summed E-state index contributed by atoms with van der Waals surface area (Å²) in [6.45, 7) is 1.27. The second kappa shape index (κ2) is 7.31. The van der Waals surface area contributed by atoms with Crippen molar-refractivity contribution in [3.8, 4) is 0 Å². The summed E-state index contributed by atoms with van der Waals surface area (Å²) in [6.07, 6.45) is -0.734.